The summed E-state index contributed by atoms with van der Waals surface area (Å²) in [6.45, 7) is 3.24. The van der Waals surface area contributed by atoms with Gasteiger partial charge in [-0.3, -0.25) is 9.48 Å². The van der Waals surface area contributed by atoms with Crippen LogP contribution >= 0.6 is 11.6 Å². The Morgan fingerprint density at radius 3 is 2.70 bits per heavy atom. The second kappa shape index (κ2) is 11.1. The molecule has 0 atom stereocenters. The van der Waals surface area contributed by atoms with Crippen molar-refractivity contribution in [3.05, 3.63) is 70.1 Å². The van der Waals surface area contributed by atoms with Crippen molar-refractivity contribution in [1.82, 2.24) is 20.0 Å². The molecule has 1 saturated carbocycles. The van der Waals surface area contributed by atoms with E-state index < -0.39 is 11.9 Å². The van der Waals surface area contributed by atoms with Crippen LogP contribution in [0.25, 0.3) is 0 Å². The number of fused-ring (bicyclic) bond motifs is 2. The molecule has 1 saturated heterocycles. The summed E-state index contributed by atoms with van der Waals surface area (Å²) in [7, 11) is 1.81. The molecule has 1 aliphatic carbocycles. The maximum Gasteiger partial charge on any atom is 0.407 e. The van der Waals surface area contributed by atoms with Crippen molar-refractivity contribution in [3.8, 4) is 0 Å². The fraction of sp³-hybridized carbons (Fsp3) is 0.414. The van der Waals surface area contributed by atoms with Crippen molar-refractivity contribution < 1.29 is 18.7 Å². The van der Waals surface area contributed by atoms with Crippen LogP contribution in [0.1, 0.15) is 47.2 Å². The molecule has 3 aromatic rings. The number of aromatic nitrogens is 2. The monoisotopic (exact) mass is 566 g/mol. The highest BCUT2D eigenvalue weighted by Gasteiger charge is 2.29. The second-order valence-corrected chi connectivity index (χ2v) is 11.3. The number of piperidine rings is 1. The van der Waals surface area contributed by atoms with Crippen molar-refractivity contribution in [3.63, 3.8) is 0 Å². The van der Waals surface area contributed by atoms with Gasteiger partial charge in [-0.25, -0.2) is 9.18 Å². The fourth-order valence-corrected chi connectivity index (χ4v) is 5.56. The number of halogens is 2. The summed E-state index contributed by atoms with van der Waals surface area (Å²) < 4.78 is 22.4. The number of amides is 2. The van der Waals surface area contributed by atoms with E-state index in [9.17, 15) is 9.59 Å². The topological polar surface area (TPSA) is 91.7 Å². The van der Waals surface area contributed by atoms with Gasteiger partial charge < -0.3 is 25.2 Å². The van der Waals surface area contributed by atoms with E-state index in [0.717, 1.165) is 49.8 Å². The van der Waals surface area contributed by atoms with Crippen molar-refractivity contribution >= 4 is 40.8 Å². The molecular weight excluding hydrogens is 535 g/mol. The van der Waals surface area contributed by atoms with E-state index in [-0.39, 0.29) is 36.2 Å². The summed E-state index contributed by atoms with van der Waals surface area (Å²) >= 11 is 6.23. The van der Waals surface area contributed by atoms with E-state index in [4.69, 9.17) is 16.3 Å². The Bertz CT molecular complexity index is 1430. The highest BCUT2D eigenvalue weighted by molar-refractivity contribution is 6.31. The Morgan fingerprint density at radius 2 is 1.95 bits per heavy atom. The van der Waals surface area contributed by atoms with Gasteiger partial charge >= 0.3 is 6.09 Å². The van der Waals surface area contributed by atoms with Crippen LogP contribution in [0.15, 0.2) is 42.6 Å². The van der Waals surface area contributed by atoms with Crippen LogP contribution in [0.3, 0.4) is 0 Å². The Labute approximate surface area is 237 Å². The Morgan fingerprint density at radius 1 is 1.15 bits per heavy atom. The largest absolute Gasteiger partial charge is 0.446 e. The molecule has 1 aromatic heterocycles. The SMILES string of the molecule is Cn1ncc2c1Nc1cc(Cl)ccc1N(C(=O)c1ccc(CNC(=O)OC3CCN(CC4CC4)CC3)c(F)c1)C2. The zero-order valence-corrected chi connectivity index (χ0v) is 23.1. The molecule has 3 heterocycles. The first-order valence-electron chi connectivity index (χ1n) is 13.7. The van der Waals surface area contributed by atoms with E-state index in [2.05, 4.69) is 20.6 Å². The third-order valence-corrected chi connectivity index (χ3v) is 8.07. The quantitative estimate of drug-likeness (QED) is 0.425. The number of nitrogens with zero attached hydrogens (tertiary/aromatic N) is 4. The fourth-order valence-electron chi connectivity index (χ4n) is 5.38. The van der Waals surface area contributed by atoms with Crippen molar-refractivity contribution in [1.29, 1.82) is 0 Å². The van der Waals surface area contributed by atoms with E-state index in [1.807, 2.05) is 7.05 Å². The zero-order valence-electron chi connectivity index (χ0n) is 22.3. The highest BCUT2D eigenvalue weighted by Crippen LogP contribution is 2.38. The number of anilines is 3. The van der Waals surface area contributed by atoms with Crippen LogP contribution in [0.5, 0.6) is 0 Å². The molecule has 9 nitrogen and oxygen atoms in total. The molecule has 2 fully saturated rings. The maximum atomic E-state index is 15.1. The van der Waals surface area contributed by atoms with E-state index in [0.29, 0.717) is 16.4 Å². The third kappa shape index (κ3) is 5.78. The molecule has 11 heteroatoms. The summed E-state index contributed by atoms with van der Waals surface area (Å²) in [6.07, 6.45) is 5.30. The lowest BCUT2D eigenvalue weighted by Gasteiger charge is -2.31. The Kier molecular flexibility index (Phi) is 7.37. The molecule has 2 amide bonds. The molecule has 2 aliphatic heterocycles. The Hall–Kier alpha value is -3.63. The smallest absolute Gasteiger partial charge is 0.407 e. The van der Waals surface area contributed by atoms with Crippen molar-refractivity contribution in [2.75, 3.05) is 29.9 Å². The first kappa shape index (κ1) is 26.6. The lowest BCUT2D eigenvalue weighted by atomic mass is 10.1. The number of rotatable bonds is 6. The first-order chi connectivity index (χ1) is 19.3. The van der Waals surface area contributed by atoms with Gasteiger partial charge in [-0.1, -0.05) is 17.7 Å². The van der Waals surface area contributed by atoms with Crippen LogP contribution in [0, 0.1) is 11.7 Å². The number of likely N-dealkylation sites (tertiary alicyclic amines) is 1. The summed E-state index contributed by atoms with van der Waals surface area (Å²) in [5.74, 6) is 0.656. The van der Waals surface area contributed by atoms with Crippen molar-refractivity contribution in [2.24, 2.45) is 13.0 Å². The molecule has 210 valence electrons. The van der Waals surface area contributed by atoms with Crippen LogP contribution in [0.4, 0.5) is 26.4 Å². The van der Waals surface area contributed by atoms with Crippen molar-refractivity contribution in [2.45, 2.75) is 44.9 Å². The maximum absolute atomic E-state index is 15.1. The Balaban J connectivity index is 1.09. The van der Waals surface area contributed by atoms with Gasteiger partial charge in [-0.2, -0.15) is 5.10 Å². The zero-order chi connectivity index (χ0) is 27.8. The lowest BCUT2D eigenvalue weighted by molar-refractivity contribution is 0.0493. The molecule has 0 spiro atoms. The second-order valence-electron chi connectivity index (χ2n) is 10.8. The summed E-state index contributed by atoms with van der Waals surface area (Å²) in [4.78, 5) is 30.0. The third-order valence-electron chi connectivity index (χ3n) is 7.84. The average Bonchev–Trinajstić information content (AvgIpc) is 3.72. The molecule has 2 aromatic carbocycles. The number of benzene rings is 2. The van der Waals surface area contributed by atoms with Crippen LogP contribution < -0.4 is 15.5 Å². The van der Waals surface area contributed by atoms with Crippen LogP contribution in [-0.4, -0.2) is 52.4 Å². The van der Waals surface area contributed by atoms with Gasteiger partial charge in [0.1, 0.15) is 17.7 Å². The minimum absolute atomic E-state index is 0.0341. The number of alkyl carbamates (subject to hydrolysis) is 1. The highest BCUT2D eigenvalue weighted by atomic mass is 35.5. The van der Waals surface area contributed by atoms with Crippen LogP contribution in [0.2, 0.25) is 5.02 Å². The minimum atomic E-state index is -0.578. The van der Waals surface area contributed by atoms with Gasteiger partial charge in [0.25, 0.3) is 5.91 Å². The van der Waals surface area contributed by atoms with Crippen LogP contribution in [-0.2, 0) is 24.9 Å². The van der Waals surface area contributed by atoms with Gasteiger partial charge in [-0.15, -0.1) is 0 Å². The predicted molar refractivity (Wildman–Crippen MR) is 150 cm³/mol. The van der Waals surface area contributed by atoms with E-state index >= 15 is 4.39 Å². The number of aryl methyl sites for hydroxylation is 1. The standard InChI is InChI=1S/C29H32ClFN6O3/c1-35-27-21(15-33-35)17-37(26-7-6-22(30)13-25(26)34-27)28(38)19-4-5-20(24(31)12-19)14-32-29(39)40-23-8-10-36(11-9-23)16-18-2-3-18/h4-7,12-13,15,18,23,34H,2-3,8-11,14,16-17H2,1H3,(H,32,39). The average molecular weight is 567 g/mol. The normalized spacial score (nSPS) is 17.4. The van der Waals surface area contributed by atoms with Gasteiger partial charge in [0, 0.05) is 54.9 Å². The van der Waals surface area contributed by atoms with E-state index in [1.54, 1.807) is 40.0 Å². The molecular formula is C29H32ClFN6O3. The molecule has 6 rings (SSSR count). The van der Waals surface area contributed by atoms with Gasteiger partial charge in [-0.05, 0) is 61.9 Å². The number of ether oxygens (including phenoxy) is 1. The molecule has 0 unspecified atom stereocenters. The molecule has 0 bridgehead atoms. The number of hydrogen-bond donors (Lipinski definition) is 2. The number of hydrogen-bond acceptors (Lipinski definition) is 6. The molecule has 0 radical (unpaired) electrons. The van der Waals surface area contributed by atoms with E-state index in [1.165, 1.54) is 25.0 Å². The predicted octanol–water partition coefficient (Wildman–Crippen LogP) is 5.22. The number of carbonyl (C=O) groups is 2. The summed E-state index contributed by atoms with van der Waals surface area (Å²) in [6, 6.07) is 9.51. The summed E-state index contributed by atoms with van der Waals surface area (Å²) in [5.41, 5.74) is 2.55. The summed E-state index contributed by atoms with van der Waals surface area (Å²) in [5, 5.41) is 10.8. The first-order valence-corrected chi connectivity index (χ1v) is 14.1. The van der Waals surface area contributed by atoms with Gasteiger partial charge in [0.15, 0.2) is 0 Å². The van der Waals surface area contributed by atoms with Gasteiger partial charge in [0.05, 0.1) is 24.1 Å². The number of carbonyl (C=O) groups excluding carboxylic acids is 2. The lowest BCUT2D eigenvalue weighted by Crippen LogP contribution is -2.40. The minimum Gasteiger partial charge on any atom is -0.446 e. The molecule has 2 N–H and O–H groups in total. The number of nitrogens with one attached hydrogen (secondary N) is 2. The molecule has 3 aliphatic rings. The van der Waals surface area contributed by atoms with Gasteiger partial charge in [0.2, 0.25) is 0 Å². The molecule has 40 heavy (non-hydrogen) atoms.